The lowest BCUT2D eigenvalue weighted by Crippen LogP contribution is -2.14. The van der Waals surface area contributed by atoms with E-state index in [1.165, 1.54) is 29.5 Å². The lowest BCUT2D eigenvalue weighted by Gasteiger charge is -2.15. The highest BCUT2D eigenvalue weighted by Gasteiger charge is 2.30. The summed E-state index contributed by atoms with van der Waals surface area (Å²) in [6.07, 6.45) is -4.31. The first-order chi connectivity index (χ1) is 12.9. The van der Waals surface area contributed by atoms with Gasteiger partial charge in [-0.1, -0.05) is 41.6 Å². The second-order valence-corrected chi connectivity index (χ2v) is 7.35. The zero-order valence-electron chi connectivity index (χ0n) is 14.6. The number of hydrogen-bond acceptors (Lipinski definition) is 4. The Kier molecular flexibility index (Phi) is 4.59. The summed E-state index contributed by atoms with van der Waals surface area (Å²) < 4.78 is 40.0. The van der Waals surface area contributed by atoms with Crippen molar-refractivity contribution < 1.29 is 13.2 Å². The number of thioether (sulfide) groups is 1. The van der Waals surface area contributed by atoms with E-state index in [-0.39, 0.29) is 0 Å². The van der Waals surface area contributed by atoms with Gasteiger partial charge in [-0.05, 0) is 36.8 Å². The van der Waals surface area contributed by atoms with Crippen molar-refractivity contribution in [3.63, 3.8) is 0 Å². The van der Waals surface area contributed by atoms with Crippen LogP contribution in [0.5, 0.6) is 0 Å². The molecule has 0 saturated heterocycles. The maximum Gasteiger partial charge on any atom is 0.416 e. The van der Waals surface area contributed by atoms with E-state index >= 15 is 0 Å². The zero-order chi connectivity index (χ0) is 19.0. The summed E-state index contributed by atoms with van der Waals surface area (Å²) >= 11 is 1.48. The van der Waals surface area contributed by atoms with E-state index in [1.54, 1.807) is 0 Å². The number of benzene rings is 2. The Morgan fingerprint density at radius 1 is 0.963 bits per heavy atom. The van der Waals surface area contributed by atoms with Gasteiger partial charge in [-0.3, -0.25) is 4.57 Å². The van der Waals surface area contributed by atoms with Crippen molar-refractivity contribution in [2.45, 2.75) is 30.6 Å². The van der Waals surface area contributed by atoms with Crippen LogP contribution in [0.3, 0.4) is 0 Å². The van der Waals surface area contributed by atoms with Crippen LogP contribution in [0.2, 0.25) is 0 Å². The average Bonchev–Trinajstić information content (AvgIpc) is 3.23. The molecule has 1 aliphatic heterocycles. The van der Waals surface area contributed by atoms with Gasteiger partial charge in [-0.25, -0.2) is 0 Å². The largest absolute Gasteiger partial charge is 0.416 e. The first-order valence-corrected chi connectivity index (χ1v) is 9.47. The molecule has 27 heavy (non-hydrogen) atoms. The lowest BCUT2D eigenvalue weighted by molar-refractivity contribution is -0.137. The van der Waals surface area contributed by atoms with Gasteiger partial charge in [0.15, 0.2) is 5.16 Å². The molecule has 8 heteroatoms. The molecule has 0 saturated carbocycles. The Bertz CT molecular complexity index is 933. The van der Waals surface area contributed by atoms with Crippen molar-refractivity contribution in [1.29, 1.82) is 0 Å². The number of hydrogen-bond donors (Lipinski definition) is 0. The molecule has 140 valence electrons. The monoisotopic (exact) mass is 390 g/mol. The van der Waals surface area contributed by atoms with E-state index in [1.807, 2.05) is 6.92 Å². The topological polar surface area (TPSA) is 34.0 Å². The summed E-state index contributed by atoms with van der Waals surface area (Å²) in [5.74, 6) is 1.34. The van der Waals surface area contributed by atoms with Crippen LogP contribution in [0.1, 0.15) is 16.7 Å². The fraction of sp³-hybridized carbons (Fsp3) is 0.263. The van der Waals surface area contributed by atoms with Gasteiger partial charge in [0.1, 0.15) is 0 Å². The molecular formula is C19H17F3N4S. The quantitative estimate of drug-likeness (QED) is 0.584. The lowest BCUT2D eigenvalue weighted by atomic mass is 10.1. The fourth-order valence-corrected chi connectivity index (χ4v) is 3.91. The molecule has 3 aromatic rings. The molecule has 4 nitrogen and oxygen atoms in total. The molecule has 2 heterocycles. The molecule has 0 amide bonds. The number of anilines is 2. The number of nitrogens with zero attached hydrogens (tertiary/aromatic N) is 4. The van der Waals surface area contributed by atoms with Gasteiger partial charge in [-0.2, -0.15) is 13.2 Å². The van der Waals surface area contributed by atoms with Crippen molar-refractivity contribution >= 4 is 23.4 Å². The maximum atomic E-state index is 12.6. The Morgan fingerprint density at radius 2 is 1.67 bits per heavy atom. The van der Waals surface area contributed by atoms with Gasteiger partial charge in [0, 0.05) is 24.5 Å². The molecule has 2 aromatic carbocycles. The maximum absolute atomic E-state index is 12.6. The Labute approximate surface area is 159 Å². The molecule has 0 atom stereocenters. The van der Waals surface area contributed by atoms with E-state index in [2.05, 4.69) is 43.9 Å². The predicted molar refractivity (Wildman–Crippen MR) is 99.2 cm³/mol. The molecular weight excluding hydrogens is 373 g/mol. The van der Waals surface area contributed by atoms with Crippen molar-refractivity contribution in [3.05, 3.63) is 65.2 Å². The van der Waals surface area contributed by atoms with Crippen LogP contribution in [-0.2, 0) is 18.5 Å². The minimum absolute atomic E-state index is 0.542. The van der Waals surface area contributed by atoms with Crippen LogP contribution in [0.25, 0.3) is 0 Å². The third kappa shape index (κ3) is 3.66. The number of aromatic nitrogens is 3. The summed E-state index contributed by atoms with van der Waals surface area (Å²) in [7, 11) is 0. The molecule has 4 rings (SSSR count). The first-order valence-electron chi connectivity index (χ1n) is 8.48. The number of aryl methyl sites for hydroxylation is 1. The van der Waals surface area contributed by atoms with Crippen LogP contribution in [0.15, 0.2) is 53.7 Å². The van der Waals surface area contributed by atoms with Gasteiger partial charge in [-0.15, -0.1) is 10.2 Å². The van der Waals surface area contributed by atoms with Crippen LogP contribution in [0.4, 0.5) is 24.8 Å². The average molecular weight is 390 g/mol. The predicted octanol–water partition coefficient (Wildman–Crippen LogP) is 5.05. The molecule has 0 fully saturated rings. The standard InChI is InChI=1S/C19H17F3N4S/c1-13-2-8-16(9-3-13)25-10-11-26-17(25)23-24-18(26)27-12-14-4-6-15(7-5-14)19(20,21)22/h2-9H,10-12H2,1H3. The molecule has 1 aromatic heterocycles. The minimum atomic E-state index is -4.31. The van der Waals surface area contributed by atoms with Crippen molar-refractivity contribution in [3.8, 4) is 0 Å². The molecule has 0 radical (unpaired) electrons. The Balaban J connectivity index is 1.46. The summed E-state index contributed by atoms with van der Waals surface area (Å²) in [6, 6.07) is 13.5. The van der Waals surface area contributed by atoms with Gasteiger partial charge in [0.05, 0.1) is 5.56 Å². The van der Waals surface area contributed by atoms with E-state index in [4.69, 9.17) is 0 Å². The Hall–Kier alpha value is -2.48. The van der Waals surface area contributed by atoms with E-state index in [0.717, 1.165) is 47.6 Å². The smallest absolute Gasteiger partial charge is 0.309 e. The van der Waals surface area contributed by atoms with Crippen molar-refractivity contribution in [1.82, 2.24) is 14.8 Å². The minimum Gasteiger partial charge on any atom is -0.309 e. The van der Waals surface area contributed by atoms with Gasteiger partial charge >= 0.3 is 6.18 Å². The summed E-state index contributed by atoms with van der Waals surface area (Å²) in [6.45, 7) is 3.65. The summed E-state index contributed by atoms with van der Waals surface area (Å²) in [4.78, 5) is 2.12. The zero-order valence-corrected chi connectivity index (χ0v) is 15.4. The van der Waals surface area contributed by atoms with Gasteiger partial charge in [0.25, 0.3) is 0 Å². The molecule has 0 N–H and O–H groups in total. The third-order valence-corrected chi connectivity index (χ3v) is 5.52. The number of rotatable bonds is 4. The fourth-order valence-electron chi connectivity index (χ4n) is 2.99. The van der Waals surface area contributed by atoms with Crippen LogP contribution in [0, 0.1) is 6.92 Å². The van der Waals surface area contributed by atoms with Crippen LogP contribution in [-0.4, -0.2) is 21.3 Å². The van der Waals surface area contributed by atoms with Crippen molar-refractivity contribution in [2.24, 2.45) is 0 Å². The number of halogens is 3. The second kappa shape index (κ2) is 6.92. The first kappa shape index (κ1) is 17.9. The second-order valence-electron chi connectivity index (χ2n) is 6.40. The highest BCUT2D eigenvalue weighted by molar-refractivity contribution is 7.98. The Morgan fingerprint density at radius 3 is 2.33 bits per heavy atom. The SMILES string of the molecule is Cc1ccc(N2CCn3c(SCc4ccc(C(F)(F)F)cc4)nnc32)cc1. The highest BCUT2D eigenvalue weighted by atomic mass is 32.2. The normalized spacial score (nSPS) is 13.9. The van der Waals surface area contributed by atoms with Crippen molar-refractivity contribution in [2.75, 3.05) is 11.4 Å². The van der Waals surface area contributed by atoms with Gasteiger partial charge < -0.3 is 4.90 Å². The van der Waals surface area contributed by atoms with E-state index in [0.29, 0.717) is 5.75 Å². The van der Waals surface area contributed by atoms with Crippen LogP contribution >= 0.6 is 11.8 Å². The molecule has 1 aliphatic rings. The summed E-state index contributed by atoms with van der Waals surface area (Å²) in [5, 5.41) is 9.34. The number of alkyl halides is 3. The third-order valence-electron chi connectivity index (χ3n) is 4.48. The molecule has 0 unspecified atom stereocenters. The molecule has 0 bridgehead atoms. The number of fused-ring (bicyclic) bond motifs is 1. The van der Waals surface area contributed by atoms with E-state index in [9.17, 15) is 13.2 Å². The van der Waals surface area contributed by atoms with Gasteiger partial charge in [0.2, 0.25) is 5.95 Å². The molecule has 0 spiro atoms. The summed E-state index contributed by atoms with van der Waals surface area (Å²) in [5.41, 5.74) is 2.46. The molecule has 0 aliphatic carbocycles. The van der Waals surface area contributed by atoms with Crippen LogP contribution < -0.4 is 4.90 Å². The van der Waals surface area contributed by atoms with E-state index < -0.39 is 11.7 Å². The highest BCUT2D eigenvalue weighted by Crippen LogP contribution is 2.34.